The summed E-state index contributed by atoms with van der Waals surface area (Å²) in [7, 11) is 3.85. The largest absolute Gasteiger partial charge is 0.344 e. The van der Waals surface area contributed by atoms with Crippen molar-refractivity contribution in [3.8, 4) is 0 Å². The molecule has 0 spiro atoms. The fraction of sp³-hybridized carbons (Fsp3) is 0.500. The first-order valence-corrected chi connectivity index (χ1v) is 10.7. The number of benzene rings is 1. The number of fused-ring (bicyclic) bond motifs is 1. The van der Waals surface area contributed by atoms with E-state index in [0.29, 0.717) is 23.6 Å². The van der Waals surface area contributed by atoms with Gasteiger partial charge in [0.1, 0.15) is 0 Å². The van der Waals surface area contributed by atoms with E-state index < -0.39 is 0 Å². The molecule has 1 saturated carbocycles. The van der Waals surface area contributed by atoms with E-state index in [2.05, 4.69) is 23.1 Å². The van der Waals surface area contributed by atoms with Crippen LogP contribution in [0.5, 0.6) is 0 Å². The second-order valence-corrected chi connectivity index (χ2v) is 9.04. The first-order chi connectivity index (χ1) is 14.3. The minimum Gasteiger partial charge on any atom is -0.322 e. The smallest absolute Gasteiger partial charge is 0.322 e. The summed E-state index contributed by atoms with van der Waals surface area (Å²) in [6.45, 7) is 3.90. The summed E-state index contributed by atoms with van der Waals surface area (Å²) < 4.78 is 1.35. The van der Waals surface area contributed by atoms with E-state index in [1.807, 2.05) is 23.1 Å². The van der Waals surface area contributed by atoms with E-state index in [9.17, 15) is 9.59 Å². The third kappa shape index (κ3) is 4.23. The van der Waals surface area contributed by atoms with Crippen molar-refractivity contribution in [3.63, 3.8) is 0 Å². The van der Waals surface area contributed by atoms with Crippen molar-refractivity contribution in [2.24, 2.45) is 11.8 Å². The number of aromatic nitrogens is 2. The Kier molecular flexibility index (Phi) is 5.84. The molecule has 2 heterocycles. The molecule has 1 aromatic carbocycles. The standard InChI is InChI=1S/C22H28ClN5O2/c1-15(29)26(3)21-10-24-28(14-21)22(30)27-12-17-8-20(9-18(17)13-27)25(2)11-16-5-4-6-19(23)7-16/h4-7,10,14,17-18,20H,8-9,11-13H2,1-3H3/t17-,18+,20+. The normalized spacial score (nSPS) is 23.1. The van der Waals surface area contributed by atoms with Crippen LogP contribution in [0.3, 0.4) is 0 Å². The Hall–Kier alpha value is -2.38. The molecule has 2 amide bonds. The monoisotopic (exact) mass is 429 g/mol. The molecule has 3 atom stereocenters. The van der Waals surface area contributed by atoms with Gasteiger partial charge < -0.3 is 9.80 Å². The highest BCUT2D eigenvalue weighted by atomic mass is 35.5. The van der Waals surface area contributed by atoms with Gasteiger partial charge in [-0.2, -0.15) is 9.78 Å². The van der Waals surface area contributed by atoms with Crippen LogP contribution in [0, 0.1) is 11.8 Å². The van der Waals surface area contributed by atoms with Crippen LogP contribution in [-0.2, 0) is 11.3 Å². The summed E-state index contributed by atoms with van der Waals surface area (Å²) in [5.41, 5.74) is 1.85. The number of carbonyl (C=O) groups excluding carboxylic acids is 2. The molecule has 1 aromatic heterocycles. The number of nitrogens with zero attached hydrogens (tertiary/aromatic N) is 5. The lowest BCUT2D eigenvalue weighted by molar-refractivity contribution is -0.116. The lowest BCUT2D eigenvalue weighted by atomic mass is 10.0. The SMILES string of the molecule is CC(=O)N(C)c1cnn(C(=O)N2C[C@H]3C[C@H](N(C)Cc4cccc(Cl)c4)C[C@H]3C2)c1. The van der Waals surface area contributed by atoms with Crippen molar-refractivity contribution in [3.05, 3.63) is 47.2 Å². The van der Waals surface area contributed by atoms with Crippen LogP contribution in [0.1, 0.15) is 25.3 Å². The van der Waals surface area contributed by atoms with Crippen molar-refractivity contribution < 1.29 is 9.59 Å². The number of hydrogen-bond donors (Lipinski definition) is 0. The molecule has 8 heteroatoms. The van der Waals surface area contributed by atoms with E-state index >= 15 is 0 Å². The van der Waals surface area contributed by atoms with Crippen LogP contribution < -0.4 is 4.90 Å². The molecular formula is C22H28ClN5O2. The van der Waals surface area contributed by atoms with Gasteiger partial charge in [-0.3, -0.25) is 9.69 Å². The van der Waals surface area contributed by atoms with Crippen LogP contribution in [0.15, 0.2) is 36.7 Å². The summed E-state index contributed by atoms with van der Waals surface area (Å²) in [4.78, 5) is 30.2. The van der Waals surface area contributed by atoms with Gasteiger partial charge in [-0.15, -0.1) is 0 Å². The molecule has 2 fully saturated rings. The molecule has 160 valence electrons. The maximum absolute atomic E-state index is 12.9. The molecule has 0 radical (unpaired) electrons. The Morgan fingerprint density at radius 1 is 1.20 bits per heavy atom. The first-order valence-electron chi connectivity index (χ1n) is 10.3. The van der Waals surface area contributed by atoms with Gasteiger partial charge in [0.05, 0.1) is 18.1 Å². The number of halogens is 1. The van der Waals surface area contributed by atoms with Gasteiger partial charge in [-0.1, -0.05) is 23.7 Å². The third-order valence-electron chi connectivity index (χ3n) is 6.57. The highest BCUT2D eigenvalue weighted by molar-refractivity contribution is 6.30. The van der Waals surface area contributed by atoms with Crippen molar-refractivity contribution >= 4 is 29.2 Å². The predicted octanol–water partition coefficient (Wildman–Crippen LogP) is 3.33. The number of amides is 2. The zero-order valence-corrected chi connectivity index (χ0v) is 18.4. The number of hydrogen-bond acceptors (Lipinski definition) is 4. The van der Waals surface area contributed by atoms with E-state index in [4.69, 9.17) is 11.6 Å². The van der Waals surface area contributed by atoms with Gasteiger partial charge in [-0.05, 0) is 49.4 Å². The zero-order valence-electron chi connectivity index (χ0n) is 17.7. The fourth-order valence-electron chi connectivity index (χ4n) is 4.75. The van der Waals surface area contributed by atoms with E-state index in [1.165, 1.54) is 22.1 Å². The van der Waals surface area contributed by atoms with Crippen LogP contribution in [0.4, 0.5) is 10.5 Å². The molecule has 4 rings (SSSR count). The van der Waals surface area contributed by atoms with Crippen LogP contribution in [0.2, 0.25) is 5.02 Å². The Bertz CT molecular complexity index is 931. The topological polar surface area (TPSA) is 61.7 Å². The average molecular weight is 430 g/mol. The molecular weight excluding hydrogens is 402 g/mol. The summed E-state index contributed by atoms with van der Waals surface area (Å²) in [6.07, 6.45) is 5.38. The minimum atomic E-state index is -0.114. The summed E-state index contributed by atoms with van der Waals surface area (Å²) in [5.74, 6) is 0.956. The van der Waals surface area contributed by atoms with Gasteiger partial charge in [-0.25, -0.2) is 4.79 Å². The van der Waals surface area contributed by atoms with Crippen molar-refractivity contribution in [2.45, 2.75) is 32.4 Å². The molecule has 0 N–H and O–H groups in total. The first kappa shape index (κ1) is 20.9. The number of carbonyl (C=O) groups is 2. The van der Waals surface area contributed by atoms with Gasteiger partial charge in [0.2, 0.25) is 5.91 Å². The van der Waals surface area contributed by atoms with E-state index in [-0.39, 0.29) is 11.9 Å². The lowest BCUT2D eigenvalue weighted by Gasteiger charge is -2.26. The number of rotatable bonds is 4. The fourth-order valence-corrected chi connectivity index (χ4v) is 4.97. The molecule has 1 aliphatic heterocycles. The molecule has 7 nitrogen and oxygen atoms in total. The van der Waals surface area contributed by atoms with Crippen LogP contribution >= 0.6 is 11.6 Å². The zero-order chi connectivity index (χ0) is 21.4. The summed E-state index contributed by atoms with van der Waals surface area (Å²) in [5, 5.41) is 4.94. The number of anilines is 1. The van der Waals surface area contributed by atoms with Crippen molar-refractivity contribution in [1.29, 1.82) is 0 Å². The molecule has 0 bridgehead atoms. The molecule has 1 saturated heterocycles. The lowest BCUT2D eigenvalue weighted by Crippen LogP contribution is -2.36. The highest BCUT2D eigenvalue weighted by Gasteiger charge is 2.43. The van der Waals surface area contributed by atoms with Gasteiger partial charge >= 0.3 is 6.03 Å². The quantitative estimate of drug-likeness (QED) is 0.747. The predicted molar refractivity (Wildman–Crippen MR) is 117 cm³/mol. The maximum atomic E-state index is 12.9. The van der Waals surface area contributed by atoms with Crippen molar-refractivity contribution in [2.75, 3.05) is 32.1 Å². The maximum Gasteiger partial charge on any atom is 0.344 e. The van der Waals surface area contributed by atoms with E-state index in [0.717, 1.165) is 37.5 Å². The minimum absolute atomic E-state index is 0.0920. The van der Waals surface area contributed by atoms with Crippen LogP contribution in [-0.4, -0.2) is 64.7 Å². The van der Waals surface area contributed by atoms with Gasteiger partial charge in [0.25, 0.3) is 0 Å². The average Bonchev–Trinajstić information content (AvgIpc) is 3.41. The molecule has 1 aliphatic carbocycles. The Labute approximate surface area is 182 Å². The second-order valence-electron chi connectivity index (χ2n) is 8.60. The Morgan fingerprint density at radius 3 is 2.53 bits per heavy atom. The number of likely N-dealkylation sites (tertiary alicyclic amines) is 1. The highest BCUT2D eigenvalue weighted by Crippen LogP contribution is 2.40. The molecule has 2 aromatic rings. The summed E-state index contributed by atoms with van der Waals surface area (Å²) >= 11 is 6.11. The van der Waals surface area contributed by atoms with Crippen LogP contribution in [0.25, 0.3) is 0 Å². The van der Waals surface area contributed by atoms with E-state index in [1.54, 1.807) is 19.4 Å². The molecule has 0 unspecified atom stereocenters. The Morgan fingerprint density at radius 2 is 1.90 bits per heavy atom. The summed E-state index contributed by atoms with van der Waals surface area (Å²) in [6, 6.07) is 8.44. The molecule has 2 aliphatic rings. The van der Waals surface area contributed by atoms with Gasteiger partial charge in [0.15, 0.2) is 0 Å². The van der Waals surface area contributed by atoms with Gasteiger partial charge in [0, 0.05) is 44.7 Å². The Balaban J connectivity index is 1.33. The second kappa shape index (κ2) is 8.40. The third-order valence-corrected chi connectivity index (χ3v) is 6.80. The van der Waals surface area contributed by atoms with Crippen molar-refractivity contribution in [1.82, 2.24) is 19.6 Å². The molecule has 30 heavy (non-hydrogen) atoms.